The van der Waals surface area contributed by atoms with E-state index in [0.29, 0.717) is 6.61 Å². The summed E-state index contributed by atoms with van der Waals surface area (Å²) in [7, 11) is 0. The SMILES string of the molecule is CC(=O)O[C@H](COCc1ccccc1)[C@@H](N=[N+]=[N-])C1CCCCC1. The summed E-state index contributed by atoms with van der Waals surface area (Å²) in [6, 6.07) is 9.45. The van der Waals surface area contributed by atoms with Gasteiger partial charge in [-0.05, 0) is 29.9 Å². The van der Waals surface area contributed by atoms with E-state index in [-0.39, 0.29) is 24.5 Å². The van der Waals surface area contributed by atoms with Crippen LogP contribution in [0.25, 0.3) is 10.4 Å². The van der Waals surface area contributed by atoms with E-state index in [1.54, 1.807) is 0 Å². The van der Waals surface area contributed by atoms with E-state index in [4.69, 9.17) is 15.0 Å². The Labute approximate surface area is 142 Å². The average molecular weight is 331 g/mol. The van der Waals surface area contributed by atoms with Crippen molar-refractivity contribution in [2.24, 2.45) is 11.0 Å². The van der Waals surface area contributed by atoms with Crippen LogP contribution in [-0.4, -0.2) is 24.7 Å². The number of hydrogen-bond donors (Lipinski definition) is 0. The molecule has 1 aromatic carbocycles. The van der Waals surface area contributed by atoms with Gasteiger partial charge in [0.1, 0.15) is 6.10 Å². The first-order valence-corrected chi connectivity index (χ1v) is 8.54. The van der Waals surface area contributed by atoms with Gasteiger partial charge in [-0.2, -0.15) is 0 Å². The summed E-state index contributed by atoms with van der Waals surface area (Å²) in [4.78, 5) is 14.5. The third-order valence-electron chi connectivity index (χ3n) is 4.41. The van der Waals surface area contributed by atoms with Gasteiger partial charge in [-0.1, -0.05) is 54.7 Å². The molecule has 0 bridgehead atoms. The van der Waals surface area contributed by atoms with Crippen molar-refractivity contribution in [3.05, 3.63) is 46.3 Å². The molecule has 1 aliphatic carbocycles. The Balaban J connectivity index is 2.00. The van der Waals surface area contributed by atoms with Crippen molar-refractivity contribution >= 4 is 5.97 Å². The van der Waals surface area contributed by atoms with Gasteiger partial charge in [-0.3, -0.25) is 4.79 Å². The fraction of sp³-hybridized carbons (Fsp3) is 0.611. The minimum Gasteiger partial charge on any atom is -0.460 e. The van der Waals surface area contributed by atoms with Crippen LogP contribution < -0.4 is 0 Å². The molecule has 1 fully saturated rings. The van der Waals surface area contributed by atoms with Crippen LogP contribution in [0, 0.1) is 5.92 Å². The maximum atomic E-state index is 11.5. The fourth-order valence-electron chi connectivity index (χ4n) is 3.29. The maximum Gasteiger partial charge on any atom is 0.302 e. The van der Waals surface area contributed by atoms with Crippen molar-refractivity contribution in [1.82, 2.24) is 0 Å². The van der Waals surface area contributed by atoms with Gasteiger partial charge in [-0.25, -0.2) is 0 Å². The van der Waals surface area contributed by atoms with Gasteiger partial charge >= 0.3 is 5.97 Å². The van der Waals surface area contributed by atoms with Crippen LogP contribution in [0.5, 0.6) is 0 Å². The quantitative estimate of drug-likeness (QED) is 0.306. The lowest BCUT2D eigenvalue weighted by Crippen LogP contribution is -2.39. The normalized spacial score (nSPS) is 17.5. The highest BCUT2D eigenvalue weighted by molar-refractivity contribution is 5.66. The zero-order valence-electron chi connectivity index (χ0n) is 14.1. The Bertz CT molecular complexity index is 552. The molecule has 1 saturated carbocycles. The average Bonchev–Trinajstić information content (AvgIpc) is 2.60. The molecule has 0 aliphatic heterocycles. The summed E-state index contributed by atoms with van der Waals surface area (Å²) < 4.78 is 11.2. The smallest absolute Gasteiger partial charge is 0.302 e. The van der Waals surface area contributed by atoms with Crippen LogP contribution in [0.2, 0.25) is 0 Å². The molecule has 2 atom stereocenters. The number of ether oxygens (including phenoxy) is 2. The molecule has 0 amide bonds. The van der Waals surface area contributed by atoms with Crippen LogP contribution in [0.1, 0.15) is 44.6 Å². The molecule has 0 spiro atoms. The van der Waals surface area contributed by atoms with E-state index in [2.05, 4.69) is 10.0 Å². The highest BCUT2D eigenvalue weighted by Crippen LogP contribution is 2.31. The van der Waals surface area contributed by atoms with E-state index >= 15 is 0 Å². The van der Waals surface area contributed by atoms with Gasteiger partial charge in [0, 0.05) is 11.8 Å². The highest BCUT2D eigenvalue weighted by Gasteiger charge is 2.32. The summed E-state index contributed by atoms with van der Waals surface area (Å²) >= 11 is 0. The third kappa shape index (κ3) is 5.87. The van der Waals surface area contributed by atoms with Crippen molar-refractivity contribution in [3.63, 3.8) is 0 Å². The standard InChI is InChI=1S/C18H25N3O3/c1-14(22)24-17(13-23-12-15-8-4-2-5-9-15)18(20-21-19)16-10-6-3-7-11-16/h2,4-5,8-9,16-18H,3,6-7,10-13H2,1H3/t17-,18+/m1/s1. The molecule has 0 saturated heterocycles. The Morgan fingerprint density at radius 1 is 1.29 bits per heavy atom. The van der Waals surface area contributed by atoms with E-state index < -0.39 is 6.10 Å². The largest absolute Gasteiger partial charge is 0.460 e. The fourth-order valence-corrected chi connectivity index (χ4v) is 3.29. The van der Waals surface area contributed by atoms with Gasteiger partial charge in [-0.15, -0.1) is 0 Å². The molecular formula is C18H25N3O3. The number of carbonyl (C=O) groups is 1. The number of esters is 1. The van der Waals surface area contributed by atoms with E-state index in [0.717, 1.165) is 31.2 Å². The summed E-state index contributed by atoms with van der Waals surface area (Å²) in [6.45, 7) is 2.04. The van der Waals surface area contributed by atoms with E-state index in [9.17, 15) is 4.79 Å². The molecule has 0 radical (unpaired) electrons. The van der Waals surface area contributed by atoms with Crippen LogP contribution in [0.3, 0.4) is 0 Å². The molecule has 1 aliphatic rings. The molecule has 0 N–H and O–H groups in total. The second kappa shape index (κ2) is 9.96. The summed E-state index contributed by atoms with van der Waals surface area (Å²) in [5.41, 5.74) is 9.98. The molecule has 24 heavy (non-hydrogen) atoms. The second-order valence-corrected chi connectivity index (χ2v) is 6.24. The minimum absolute atomic E-state index is 0.231. The predicted molar refractivity (Wildman–Crippen MR) is 91.2 cm³/mol. The number of azide groups is 1. The zero-order chi connectivity index (χ0) is 17.2. The lowest BCUT2D eigenvalue weighted by Gasteiger charge is -2.32. The third-order valence-corrected chi connectivity index (χ3v) is 4.41. The number of carbonyl (C=O) groups excluding carboxylic acids is 1. The summed E-state index contributed by atoms with van der Waals surface area (Å²) in [5.74, 6) is -0.128. The molecule has 2 rings (SSSR count). The number of benzene rings is 1. The molecular weight excluding hydrogens is 306 g/mol. The first kappa shape index (κ1) is 18.3. The van der Waals surface area contributed by atoms with Gasteiger partial charge < -0.3 is 9.47 Å². The molecule has 130 valence electrons. The van der Waals surface area contributed by atoms with Crippen molar-refractivity contribution in [2.75, 3.05) is 6.61 Å². The van der Waals surface area contributed by atoms with Gasteiger partial charge in [0.25, 0.3) is 0 Å². The molecule has 0 heterocycles. The molecule has 0 aromatic heterocycles. The van der Waals surface area contributed by atoms with Crippen molar-refractivity contribution in [2.45, 2.75) is 57.8 Å². The Hall–Kier alpha value is -2.04. The Morgan fingerprint density at radius 2 is 2.00 bits per heavy atom. The minimum atomic E-state index is -0.537. The second-order valence-electron chi connectivity index (χ2n) is 6.24. The van der Waals surface area contributed by atoms with Crippen LogP contribution in [0.15, 0.2) is 35.4 Å². The highest BCUT2D eigenvalue weighted by atomic mass is 16.6. The van der Waals surface area contributed by atoms with Gasteiger partial charge in [0.2, 0.25) is 0 Å². The predicted octanol–water partition coefficient (Wildman–Crippen LogP) is 4.39. The van der Waals surface area contributed by atoms with E-state index in [1.165, 1.54) is 13.3 Å². The van der Waals surface area contributed by atoms with Gasteiger partial charge in [0.15, 0.2) is 0 Å². The van der Waals surface area contributed by atoms with Crippen LogP contribution in [0.4, 0.5) is 0 Å². The van der Waals surface area contributed by atoms with Crippen LogP contribution in [-0.2, 0) is 20.9 Å². The van der Waals surface area contributed by atoms with Crippen LogP contribution >= 0.6 is 0 Å². The molecule has 1 aromatic rings. The number of rotatable bonds is 8. The maximum absolute atomic E-state index is 11.5. The van der Waals surface area contributed by atoms with Crippen molar-refractivity contribution in [1.29, 1.82) is 0 Å². The number of nitrogens with zero attached hydrogens (tertiary/aromatic N) is 3. The van der Waals surface area contributed by atoms with Gasteiger partial charge in [0.05, 0.1) is 19.3 Å². The number of hydrogen-bond acceptors (Lipinski definition) is 4. The molecule has 0 unspecified atom stereocenters. The van der Waals surface area contributed by atoms with Crippen molar-refractivity contribution in [3.8, 4) is 0 Å². The van der Waals surface area contributed by atoms with E-state index in [1.807, 2.05) is 30.3 Å². The summed E-state index contributed by atoms with van der Waals surface area (Å²) in [5, 5.41) is 3.95. The molecule has 6 nitrogen and oxygen atoms in total. The topological polar surface area (TPSA) is 84.3 Å². The monoisotopic (exact) mass is 331 g/mol. The lowest BCUT2D eigenvalue weighted by atomic mass is 9.82. The summed E-state index contributed by atoms with van der Waals surface area (Å²) in [6.07, 6.45) is 4.92. The van der Waals surface area contributed by atoms with Crippen molar-refractivity contribution < 1.29 is 14.3 Å². The first-order valence-electron chi connectivity index (χ1n) is 8.54. The lowest BCUT2D eigenvalue weighted by molar-refractivity contribution is -0.152. The Kier molecular flexibility index (Phi) is 7.59. The Morgan fingerprint density at radius 3 is 2.62 bits per heavy atom. The molecule has 6 heteroatoms. The zero-order valence-corrected chi connectivity index (χ0v) is 14.1. The first-order chi connectivity index (χ1) is 11.7.